The molecule has 96 valence electrons. The highest BCUT2D eigenvalue weighted by molar-refractivity contribution is 5.38. The molecule has 1 heterocycles. The van der Waals surface area contributed by atoms with Gasteiger partial charge in [-0.15, -0.1) is 0 Å². The molecule has 0 spiro atoms. The van der Waals surface area contributed by atoms with Crippen LogP contribution in [0.1, 0.15) is 22.7 Å². The molecule has 3 heteroatoms. The molecule has 3 nitrogen and oxygen atoms in total. The van der Waals surface area contributed by atoms with Gasteiger partial charge in [0.1, 0.15) is 5.75 Å². The van der Waals surface area contributed by atoms with Crippen molar-refractivity contribution in [2.24, 2.45) is 0 Å². The van der Waals surface area contributed by atoms with Gasteiger partial charge in [0, 0.05) is 11.6 Å². The van der Waals surface area contributed by atoms with Gasteiger partial charge in [-0.3, -0.25) is 0 Å². The number of methoxy groups -OCH3 is 1. The largest absolute Gasteiger partial charge is 0.496 e. The van der Waals surface area contributed by atoms with Crippen molar-refractivity contribution in [1.82, 2.24) is 5.32 Å². The Bertz CT molecular complexity index is 491. The summed E-state index contributed by atoms with van der Waals surface area (Å²) in [4.78, 5) is 0. The summed E-state index contributed by atoms with van der Waals surface area (Å²) in [7, 11) is 3.67. The van der Waals surface area contributed by atoms with Crippen LogP contribution in [0.25, 0.3) is 0 Å². The quantitative estimate of drug-likeness (QED) is 0.879. The van der Waals surface area contributed by atoms with Crippen LogP contribution in [0.3, 0.4) is 0 Å². The van der Waals surface area contributed by atoms with E-state index in [0.717, 1.165) is 17.7 Å². The SMILES string of the molecule is CNC(Cc1cc(C)ccc1OC)c1ccoc1. The van der Waals surface area contributed by atoms with Crippen molar-refractivity contribution in [2.45, 2.75) is 19.4 Å². The van der Waals surface area contributed by atoms with Crippen LogP contribution in [-0.4, -0.2) is 14.2 Å². The Balaban J connectivity index is 2.24. The summed E-state index contributed by atoms with van der Waals surface area (Å²) in [6, 6.07) is 8.48. The van der Waals surface area contributed by atoms with E-state index in [1.165, 1.54) is 11.1 Å². The van der Waals surface area contributed by atoms with Crippen molar-refractivity contribution in [2.75, 3.05) is 14.2 Å². The van der Waals surface area contributed by atoms with E-state index in [-0.39, 0.29) is 6.04 Å². The number of hydrogen-bond acceptors (Lipinski definition) is 3. The molecule has 0 amide bonds. The summed E-state index contributed by atoms with van der Waals surface area (Å²) in [6.45, 7) is 2.09. The fourth-order valence-electron chi connectivity index (χ4n) is 2.15. The fraction of sp³-hybridized carbons (Fsp3) is 0.333. The lowest BCUT2D eigenvalue weighted by atomic mass is 9.99. The summed E-state index contributed by atoms with van der Waals surface area (Å²) < 4.78 is 10.6. The lowest BCUT2D eigenvalue weighted by Gasteiger charge is -2.17. The molecule has 18 heavy (non-hydrogen) atoms. The van der Waals surface area contributed by atoms with Crippen LogP contribution < -0.4 is 10.1 Å². The van der Waals surface area contributed by atoms with Gasteiger partial charge in [-0.1, -0.05) is 17.7 Å². The standard InChI is InChI=1S/C15H19NO2/c1-11-4-5-15(17-3)13(8-11)9-14(16-2)12-6-7-18-10-12/h4-8,10,14,16H,9H2,1-3H3. The van der Waals surface area contributed by atoms with Crippen LogP contribution in [0.5, 0.6) is 5.75 Å². The van der Waals surface area contributed by atoms with Crippen LogP contribution in [0, 0.1) is 6.92 Å². The van der Waals surface area contributed by atoms with Crippen molar-refractivity contribution in [3.8, 4) is 5.75 Å². The molecule has 2 rings (SSSR count). The molecule has 0 saturated carbocycles. The molecule has 1 aromatic carbocycles. The second-order valence-electron chi connectivity index (χ2n) is 4.42. The first-order chi connectivity index (χ1) is 8.74. The number of rotatable bonds is 5. The number of nitrogens with one attached hydrogen (secondary N) is 1. The van der Waals surface area contributed by atoms with Gasteiger partial charge in [0.25, 0.3) is 0 Å². The number of aryl methyl sites for hydroxylation is 1. The van der Waals surface area contributed by atoms with E-state index in [1.807, 2.05) is 19.2 Å². The summed E-state index contributed by atoms with van der Waals surface area (Å²) in [5, 5.41) is 3.31. The zero-order chi connectivity index (χ0) is 13.0. The van der Waals surface area contributed by atoms with Gasteiger partial charge in [0.2, 0.25) is 0 Å². The van der Waals surface area contributed by atoms with Gasteiger partial charge >= 0.3 is 0 Å². The molecule has 0 radical (unpaired) electrons. The van der Waals surface area contributed by atoms with Crippen molar-refractivity contribution in [1.29, 1.82) is 0 Å². The minimum Gasteiger partial charge on any atom is -0.496 e. The molecular weight excluding hydrogens is 226 g/mol. The first-order valence-electron chi connectivity index (χ1n) is 6.07. The van der Waals surface area contributed by atoms with Crippen molar-refractivity contribution in [3.05, 3.63) is 53.5 Å². The fourth-order valence-corrected chi connectivity index (χ4v) is 2.15. The summed E-state index contributed by atoms with van der Waals surface area (Å²) in [5.41, 5.74) is 3.60. The molecule has 0 fully saturated rings. The average molecular weight is 245 g/mol. The van der Waals surface area contributed by atoms with E-state index in [2.05, 4.69) is 24.4 Å². The van der Waals surface area contributed by atoms with E-state index in [9.17, 15) is 0 Å². The normalized spacial score (nSPS) is 12.4. The third-order valence-electron chi connectivity index (χ3n) is 3.15. The van der Waals surface area contributed by atoms with Gasteiger partial charge < -0.3 is 14.5 Å². The highest BCUT2D eigenvalue weighted by atomic mass is 16.5. The summed E-state index contributed by atoms with van der Waals surface area (Å²) >= 11 is 0. The lowest BCUT2D eigenvalue weighted by molar-refractivity contribution is 0.406. The minimum atomic E-state index is 0.236. The molecule has 1 atom stereocenters. The Kier molecular flexibility index (Phi) is 4.05. The topological polar surface area (TPSA) is 34.4 Å². The summed E-state index contributed by atoms with van der Waals surface area (Å²) in [5.74, 6) is 0.935. The second-order valence-corrected chi connectivity index (χ2v) is 4.42. The maximum absolute atomic E-state index is 5.41. The van der Waals surface area contributed by atoms with E-state index >= 15 is 0 Å². The second kappa shape index (κ2) is 5.74. The summed E-state index contributed by atoms with van der Waals surface area (Å²) in [6.07, 6.45) is 4.36. The third kappa shape index (κ3) is 2.74. The van der Waals surface area contributed by atoms with Crippen molar-refractivity contribution >= 4 is 0 Å². The maximum Gasteiger partial charge on any atom is 0.122 e. The predicted molar refractivity (Wildman–Crippen MR) is 71.9 cm³/mol. The Morgan fingerprint density at radius 1 is 1.33 bits per heavy atom. The van der Waals surface area contributed by atoms with Crippen LogP contribution in [0.15, 0.2) is 41.2 Å². The van der Waals surface area contributed by atoms with E-state index in [0.29, 0.717) is 0 Å². The molecule has 1 unspecified atom stereocenters. The van der Waals surface area contributed by atoms with Crippen molar-refractivity contribution in [3.63, 3.8) is 0 Å². The average Bonchev–Trinajstić information content (AvgIpc) is 2.90. The molecule has 0 aliphatic heterocycles. The molecule has 2 aromatic rings. The molecular formula is C15H19NO2. The van der Waals surface area contributed by atoms with Crippen LogP contribution in [-0.2, 0) is 6.42 Å². The van der Waals surface area contributed by atoms with E-state index < -0.39 is 0 Å². The molecule has 0 aliphatic rings. The Hall–Kier alpha value is -1.74. The number of furan rings is 1. The predicted octanol–water partition coefficient (Wildman–Crippen LogP) is 3.10. The first-order valence-corrected chi connectivity index (χ1v) is 6.07. The number of benzene rings is 1. The van der Waals surface area contributed by atoms with Gasteiger partial charge in [-0.2, -0.15) is 0 Å². The highest BCUT2D eigenvalue weighted by Crippen LogP contribution is 2.26. The van der Waals surface area contributed by atoms with Crippen LogP contribution in [0.2, 0.25) is 0 Å². The van der Waals surface area contributed by atoms with Crippen molar-refractivity contribution < 1.29 is 9.15 Å². The zero-order valence-corrected chi connectivity index (χ0v) is 11.1. The Labute approximate surface area is 108 Å². The maximum atomic E-state index is 5.41. The number of ether oxygens (including phenoxy) is 1. The molecule has 0 bridgehead atoms. The minimum absolute atomic E-state index is 0.236. The smallest absolute Gasteiger partial charge is 0.122 e. The Morgan fingerprint density at radius 3 is 2.78 bits per heavy atom. The molecule has 1 N–H and O–H groups in total. The number of hydrogen-bond donors (Lipinski definition) is 1. The van der Waals surface area contributed by atoms with Crippen LogP contribution in [0.4, 0.5) is 0 Å². The molecule has 0 aliphatic carbocycles. The van der Waals surface area contributed by atoms with E-state index in [4.69, 9.17) is 9.15 Å². The third-order valence-corrected chi connectivity index (χ3v) is 3.15. The van der Waals surface area contributed by atoms with Crippen LogP contribution >= 0.6 is 0 Å². The monoisotopic (exact) mass is 245 g/mol. The van der Waals surface area contributed by atoms with Gasteiger partial charge in [-0.05, 0) is 38.1 Å². The first kappa shape index (κ1) is 12.7. The van der Waals surface area contributed by atoms with Gasteiger partial charge in [-0.25, -0.2) is 0 Å². The van der Waals surface area contributed by atoms with Gasteiger partial charge in [0.05, 0.1) is 19.6 Å². The molecule has 0 saturated heterocycles. The highest BCUT2D eigenvalue weighted by Gasteiger charge is 2.14. The van der Waals surface area contributed by atoms with E-state index in [1.54, 1.807) is 19.6 Å². The van der Waals surface area contributed by atoms with Gasteiger partial charge in [0.15, 0.2) is 0 Å². The zero-order valence-electron chi connectivity index (χ0n) is 11.1. The molecule has 1 aromatic heterocycles. The lowest BCUT2D eigenvalue weighted by Crippen LogP contribution is -2.18. The Morgan fingerprint density at radius 2 is 2.17 bits per heavy atom. The number of likely N-dealkylation sites (N-methyl/N-ethyl adjacent to an activating group) is 1.